The van der Waals surface area contributed by atoms with Crippen LogP contribution in [0.4, 0.5) is 0 Å². The van der Waals surface area contributed by atoms with Gasteiger partial charge in [0.15, 0.2) is 0 Å². The summed E-state index contributed by atoms with van der Waals surface area (Å²) in [6.45, 7) is 8.16. The second-order valence-corrected chi connectivity index (χ2v) is 6.35. The maximum Gasteiger partial charge on any atom is 0.320 e. The average molecular weight is 286 g/mol. The fourth-order valence-corrected chi connectivity index (χ4v) is 2.41. The van der Waals surface area contributed by atoms with Crippen LogP contribution in [-0.2, 0) is 14.3 Å². The molecule has 1 aliphatic heterocycles. The standard InChI is InChI=1S/C14H26N2O4/c1-14(2,3)20-13(19)8-15-7-11-5-4-6-16(9-11)10-12(17)18/h11,15H,4-10H2,1-3H3,(H,17,18). The van der Waals surface area contributed by atoms with Crippen molar-refractivity contribution in [2.24, 2.45) is 5.92 Å². The highest BCUT2D eigenvalue weighted by Crippen LogP contribution is 2.15. The zero-order valence-electron chi connectivity index (χ0n) is 12.6. The molecule has 0 bridgehead atoms. The van der Waals surface area contributed by atoms with Crippen LogP contribution in [0.15, 0.2) is 0 Å². The molecule has 2 N–H and O–H groups in total. The first kappa shape index (κ1) is 16.9. The second-order valence-electron chi connectivity index (χ2n) is 6.35. The molecular formula is C14H26N2O4. The highest BCUT2D eigenvalue weighted by atomic mass is 16.6. The van der Waals surface area contributed by atoms with Crippen molar-refractivity contribution in [2.75, 3.05) is 32.7 Å². The van der Waals surface area contributed by atoms with Gasteiger partial charge in [-0.25, -0.2) is 0 Å². The predicted octanol–water partition coefficient (Wildman–Crippen LogP) is 0.714. The molecule has 6 heteroatoms. The number of nitrogens with zero attached hydrogens (tertiary/aromatic N) is 1. The largest absolute Gasteiger partial charge is 0.480 e. The van der Waals surface area contributed by atoms with Gasteiger partial charge in [-0.1, -0.05) is 0 Å². The Balaban J connectivity index is 2.21. The zero-order valence-corrected chi connectivity index (χ0v) is 12.6. The molecule has 0 amide bonds. The van der Waals surface area contributed by atoms with Crippen LogP contribution in [0.5, 0.6) is 0 Å². The Morgan fingerprint density at radius 2 is 2.10 bits per heavy atom. The first-order valence-corrected chi connectivity index (χ1v) is 7.13. The van der Waals surface area contributed by atoms with E-state index in [1.165, 1.54) is 0 Å². The minimum Gasteiger partial charge on any atom is -0.480 e. The molecular weight excluding hydrogens is 260 g/mol. The van der Waals surface area contributed by atoms with Crippen LogP contribution in [0.3, 0.4) is 0 Å². The van der Waals surface area contributed by atoms with E-state index in [-0.39, 0.29) is 19.1 Å². The van der Waals surface area contributed by atoms with Gasteiger partial charge in [0.1, 0.15) is 5.60 Å². The van der Waals surface area contributed by atoms with Gasteiger partial charge < -0.3 is 15.2 Å². The second kappa shape index (κ2) is 7.59. The molecule has 1 unspecified atom stereocenters. The first-order chi connectivity index (χ1) is 9.26. The summed E-state index contributed by atoms with van der Waals surface area (Å²) in [6, 6.07) is 0. The van der Waals surface area contributed by atoms with Crippen molar-refractivity contribution in [1.29, 1.82) is 0 Å². The molecule has 1 fully saturated rings. The van der Waals surface area contributed by atoms with Gasteiger partial charge in [-0.15, -0.1) is 0 Å². The van der Waals surface area contributed by atoms with Crippen molar-refractivity contribution < 1.29 is 19.4 Å². The molecule has 0 radical (unpaired) electrons. The molecule has 116 valence electrons. The lowest BCUT2D eigenvalue weighted by atomic mass is 9.98. The van der Waals surface area contributed by atoms with E-state index in [4.69, 9.17) is 9.84 Å². The minimum atomic E-state index is -0.785. The van der Waals surface area contributed by atoms with Gasteiger partial charge in [-0.3, -0.25) is 14.5 Å². The van der Waals surface area contributed by atoms with Crippen LogP contribution in [0.2, 0.25) is 0 Å². The van der Waals surface area contributed by atoms with Crippen LogP contribution >= 0.6 is 0 Å². The van der Waals surface area contributed by atoms with E-state index in [0.717, 1.165) is 32.5 Å². The number of carbonyl (C=O) groups is 2. The molecule has 0 spiro atoms. The van der Waals surface area contributed by atoms with Crippen LogP contribution in [0.1, 0.15) is 33.6 Å². The Kier molecular flexibility index (Phi) is 6.42. The van der Waals surface area contributed by atoms with Gasteiger partial charge >= 0.3 is 11.9 Å². The van der Waals surface area contributed by atoms with Gasteiger partial charge in [0.25, 0.3) is 0 Å². The quantitative estimate of drug-likeness (QED) is 0.700. The molecule has 0 aliphatic carbocycles. The van der Waals surface area contributed by atoms with Gasteiger partial charge in [-0.2, -0.15) is 0 Å². The molecule has 1 rings (SSSR count). The number of esters is 1. The van der Waals surface area contributed by atoms with Crippen molar-refractivity contribution in [3.05, 3.63) is 0 Å². The number of carboxylic acids is 1. The van der Waals surface area contributed by atoms with E-state index in [1.807, 2.05) is 25.7 Å². The molecule has 1 atom stereocenters. The number of carbonyl (C=O) groups excluding carboxylic acids is 1. The fourth-order valence-electron chi connectivity index (χ4n) is 2.41. The number of piperidine rings is 1. The van der Waals surface area contributed by atoms with E-state index < -0.39 is 11.6 Å². The molecule has 1 heterocycles. The average Bonchev–Trinajstić information content (AvgIpc) is 2.25. The van der Waals surface area contributed by atoms with Crippen molar-refractivity contribution in [3.63, 3.8) is 0 Å². The number of ether oxygens (including phenoxy) is 1. The molecule has 20 heavy (non-hydrogen) atoms. The number of hydrogen-bond acceptors (Lipinski definition) is 5. The Labute approximate surface area is 120 Å². The third kappa shape index (κ3) is 7.45. The smallest absolute Gasteiger partial charge is 0.320 e. The van der Waals surface area contributed by atoms with Crippen LogP contribution in [0.25, 0.3) is 0 Å². The van der Waals surface area contributed by atoms with Crippen molar-refractivity contribution >= 4 is 11.9 Å². The predicted molar refractivity (Wildman–Crippen MR) is 75.5 cm³/mol. The highest BCUT2D eigenvalue weighted by Gasteiger charge is 2.22. The van der Waals surface area contributed by atoms with Crippen LogP contribution in [0, 0.1) is 5.92 Å². The van der Waals surface area contributed by atoms with Crippen molar-refractivity contribution in [1.82, 2.24) is 10.2 Å². The third-order valence-electron chi connectivity index (χ3n) is 3.08. The number of rotatable bonds is 6. The maximum absolute atomic E-state index is 11.5. The summed E-state index contributed by atoms with van der Waals surface area (Å²) in [5.74, 6) is -0.645. The van der Waals surface area contributed by atoms with Gasteiger partial charge in [0.05, 0.1) is 13.1 Å². The van der Waals surface area contributed by atoms with E-state index in [1.54, 1.807) is 0 Å². The fraction of sp³-hybridized carbons (Fsp3) is 0.857. The Morgan fingerprint density at radius 3 is 2.70 bits per heavy atom. The molecule has 0 aromatic carbocycles. The molecule has 0 aromatic heterocycles. The maximum atomic E-state index is 11.5. The lowest BCUT2D eigenvalue weighted by Crippen LogP contribution is -2.43. The summed E-state index contributed by atoms with van der Waals surface area (Å²) >= 11 is 0. The first-order valence-electron chi connectivity index (χ1n) is 7.13. The van der Waals surface area contributed by atoms with Gasteiger partial charge in [0, 0.05) is 6.54 Å². The summed E-state index contributed by atoms with van der Waals surface area (Å²) in [7, 11) is 0. The van der Waals surface area contributed by atoms with Crippen molar-refractivity contribution in [2.45, 2.75) is 39.2 Å². The Hall–Kier alpha value is -1.14. The van der Waals surface area contributed by atoms with Crippen LogP contribution in [-0.4, -0.2) is 60.3 Å². The Bertz CT molecular complexity index is 339. The summed E-state index contributed by atoms with van der Waals surface area (Å²) in [5.41, 5.74) is -0.456. The summed E-state index contributed by atoms with van der Waals surface area (Å²) in [4.78, 5) is 24.2. The number of nitrogens with one attached hydrogen (secondary N) is 1. The number of aliphatic carboxylic acids is 1. The summed E-state index contributed by atoms with van der Waals surface area (Å²) in [6.07, 6.45) is 2.07. The normalized spacial score (nSPS) is 20.6. The monoisotopic (exact) mass is 286 g/mol. The summed E-state index contributed by atoms with van der Waals surface area (Å²) in [5, 5.41) is 11.9. The number of carboxylic acid groups (broad SMARTS) is 1. The number of hydrogen-bond donors (Lipinski definition) is 2. The summed E-state index contributed by atoms with van der Waals surface area (Å²) < 4.78 is 5.21. The van der Waals surface area contributed by atoms with E-state index in [2.05, 4.69) is 5.32 Å². The third-order valence-corrected chi connectivity index (χ3v) is 3.08. The lowest BCUT2D eigenvalue weighted by molar-refractivity contribution is -0.153. The lowest BCUT2D eigenvalue weighted by Gasteiger charge is -2.31. The van der Waals surface area contributed by atoms with Gasteiger partial charge in [0.2, 0.25) is 0 Å². The van der Waals surface area contributed by atoms with Gasteiger partial charge in [-0.05, 0) is 52.6 Å². The highest BCUT2D eigenvalue weighted by molar-refractivity contribution is 5.72. The molecule has 1 saturated heterocycles. The van der Waals surface area contributed by atoms with Crippen LogP contribution < -0.4 is 5.32 Å². The molecule has 0 aromatic rings. The van der Waals surface area contributed by atoms with E-state index in [0.29, 0.717) is 5.92 Å². The van der Waals surface area contributed by atoms with Crippen molar-refractivity contribution in [3.8, 4) is 0 Å². The SMILES string of the molecule is CC(C)(C)OC(=O)CNCC1CCCN(CC(=O)O)C1. The topological polar surface area (TPSA) is 78.9 Å². The van der Waals surface area contributed by atoms with E-state index in [9.17, 15) is 9.59 Å². The zero-order chi connectivity index (χ0) is 15.2. The molecule has 6 nitrogen and oxygen atoms in total. The van der Waals surface area contributed by atoms with E-state index >= 15 is 0 Å². The number of likely N-dealkylation sites (tertiary alicyclic amines) is 1. The molecule has 0 saturated carbocycles. The minimum absolute atomic E-state index is 0.0998. The Morgan fingerprint density at radius 1 is 1.40 bits per heavy atom. The molecule has 1 aliphatic rings.